The molecule has 1 rings (SSSR count). The lowest BCUT2D eigenvalue weighted by atomic mass is 10.2. The molecular weight excluding hydrogens is 249 g/mol. The molecule has 0 aromatic heterocycles. The number of rotatable bonds is 1. The van der Waals surface area contributed by atoms with Crippen molar-refractivity contribution >= 4 is 15.9 Å². The summed E-state index contributed by atoms with van der Waals surface area (Å²) in [6.45, 7) is 4.00. The standard InChI is InChI=1S/C8H5BrFNO.C2H6/c1-12-8-3-5(9)2-7(10)6(8)4-11;1-2/h2-3H,1H3;1-2H3. The third kappa shape index (κ3) is 3.00. The maximum Gasteiger partial charge on any atom is 0.145 e. The van der Waals surface area contributed by atoms with Gasteiger partial charge in [0.25, 0.3) is 0 Å². The summed E-state index contributed by atoms with van der Waals surface area (Å²) in [7, 11) is 1.39. The second kappa shape index (κ2) is 6.39. The summed E-state index contributed by atoms with van der Waals surface area (Å²) < 4.78 is 18.3. The molecule has 14 heavy (non-hydrogen) atoms. The Balaban J connectivity index is 0.000000791. The number of ether oxygens (including phenoxy) is 1. The number of halogens is 2. The van der Waals surface area contributed by atoms with Crippen LogP contribution in [0.1, 0.15) is 19.4 Å². The highest BCUT2D eigenvalue weighted by Gasteiger charge is 2.09. The number of nitriles is 1. The molecule has 0 fully saturated rings. The minimum atomic E-state index is -0.580. The van der Waals surface area contributed by atoms with Gasteiger partial charge in [-0.2, -0.15) is 5.26 Å². The van der Waals surface area contributed by atoms with Gasteiger partial charge in [-0.05, 0) is 12.1 Å². The zero-order valence-electron chi connectivity index (χ0n) is 8.27. The van der Waals surface area contributed by atoms with Crippen molar-refractivity contribution in [1.82, 2.24) is 0 Å². The lowest BCUT2D eigenvalue weighted by Crippen LogP contribution is -1.91. The summed E-state index contributed by atoms with van der Waals surface area (Å²) in [5.41, 5.74) is -0.0688. The van der Waals surface area contributed by atoms with Gasteiger partial charge in [0.2, 0.25) is 0 Å². The summed E-state index contributed by atoms with van der Waals surface area (Å²) in [4.78, 5) is 0. The molecule has 1 aromatic carbocycles. The normalized spacial score (nSPS) is 8.29. The third-order valence-corrected chi connectivity index (χ3v) is 1.81. The molecule has 0 spiro atoms. The minimum absolute atomic E-state index is 0.0688. The van der Waals surface area contributed by atoms with Crippen molar-refractivity contribution in [3.63, 3.8) is 0 Å². The van der Waals surface area contributed by atoms with Crippen LogP contribution in [0.15, 0.2) is 16.6 Å². The van der Waals surface area contributed by atoms with Crippen molar-refractivity contribution in [2.24, 2.45) is 0 Å². The summed E-state index contributed by atoms with van der Waals surface area (Å²) in [5, 5.41) is 8.54. The van der Waals surface area contributed by atoms with Crippen LogP contribution in [0.3, 0.4) is 0 Å². The number of methoxy groups -OCH3 is 1. The van der Waals surface area contributed by atoms with Crippen LogP contribution in [0, 0.1) is 17.1 Å². The van der Waals surface area contributed by atoms with E-state index in [4.69, 9.17) is 10.00 Å². The highest BCUT2D eigenvalue weighted by atomic mass is 79.9. The molecule has 0 saturated carbocycles. The molecule has 1 aromatic rings. The van der Waals surface area contributed by atoms with E-state index < -0.39 is 5.82 Å². The zero-order chi connectivity index (χ0) is 11.1. The Morgan fingerprint density at radius 2 is 2.00 bits per heavy atom. The van der Waals surface area contributed by atoms with Crippen LogP contribution in [0.5, 0.6) is 5.75 Å². The van der Waals surface area contributed by atoms with Gasteiger partial charge in [-0.3, -0.25) is 0 Å². The number of hydrogen-bond acceptors (Lipinski definition) is 2. The van der Waals surface area contributed by atoms with E-state index in [-0.39, 0.29) is 11.3 Å². The quantitative estimate of drug-likeness (QED) is 0.774. The molecule has 0 aliphatic carbocycles. The van der Waals surface area contributed by atoms with E-state index in [0.29, 0.717) is 4.47 Å². The molecule has 0 aliphatic rings. The molecule has 0 aliphatic heterocycles. The first kappa shape index (κ1) is 12.9. The molecule has 0 unspecified atom stereocenters. The zero-order valence-corrected chi connectivity index (χ0v) is 9.85. The average Bonchev–Trinajstić information content (AvgIpc) is 2.19. The molecule has 76 valence electrons. The van der Waals surface area contributed by atoms with Crippen LogP contribution < -0.4 is 4.74 Å². The fourth-order valence-electron chi connectivity index (χ4n) is 0.819. The van der Waals surface area contributed by atoms with Crippen LogP contribution in [0.4, 0.5) is 4.39 Å². The van der Waals surface area contributed by atoms with Crippen LogP contribution in [0.25, 0.3) is 0 Å². The van der Waals surface area contributed by atoms with Gasteiger partial charge in [-0.1, -0.05) is 29.8 Å². The van der Waals surface area contributed by atoms with Gasteiger partial charge in [0.1, 0.15) is 23.2 Å². The van der Waals surface area contributed by atoms with Crippen molar-refractivity contribution < 1.29 is 9.13 Å². The van der Waals surface area contributed by atoms with Crippen molar-refractivity contribution in [3.05, 3.63) is 28.0 Å². The molecule has 0 N–H and O–H groups in total. The third-order valence-electron chi connectivity index (χ3n) is 1.35. The Morgan fingerprint density at radius 1 is 1.43 bits per heavy atom. The average molecular weight is 260 g/mol. The Kier molecular flexibility index (Phi) is 5.89. The minimum Gasteiger partial charge on any atom is -0.495 e. The fourth-order valence-corrected chi connectivity index (χ4v) is 1.23. The van der Waals surface area contributed by atoms with E-state index in [1.807, 2.05) is 13.8 Å². The topological polar surface area (TPSA) is 33.0 Å². The molecule has 0 saturated heterocycles. The summed E-state index contributed by atoms with van der Waals surface area (Å²) in [6.07, 6.45) is 0. The van der Waals surface area contributed by atoms with E-state index in [2.05, 4.69) is 15.9 Å². The highest BCUT2D eigenvalue weighted by molar-refractivity contribution is 9.10. The van der Waals surface area contributed by atoms with Gasteiger partial charge in [0, 0.05) is 4.47 Å². The molecule has 2 nitrogen and oxygen atoms in total. The first-order valence-electron chi connectivity index (χ1n) is 4.12. The van der Waals surface area contributed by atoms with Gasteiger partial charge in [0.15, 0.2) is 0 Å². The second-order valence-corrected chi connectivity index (χ2v) is 2.99. The molecule has 0 atom stereocenters. The van der Waals surface area contributed by atoms with Gasteiger partial charge in [0.05, 0.1) is 7.11 Å². The molecule has 0 bridgehead atoms. The smallest absolute Gasteiger partial charge is 0.145 e. The van der Waals surface area contributed by atoms with E-state index in [1.165, 1.54) is 13.2 Å². The van der Waals surface area contributed by atoms with Crippen molar-refractivity contribution in [2.45, 2.75) is 13.8 Å². The fraction of sp³-hybridized carbons (Fsp3) is 0.300. The molecular formula is C10H11BrFNO. The molecule has 4 heteroatoms. The van der Waals surface area contributed by atoms with Gasteiger partial charge < -0.3 is 4.74 Å². The summed E-state index contributed by atoms with van der Waals surface area (Å²) in [5.74, 6) is -0.340. The van der Waals surface area contributed by atoms with Crippen molar-refractivity contribution in [1.29, 1.82) is 5.26 Å². The summed E-state index contributed by atoms with van der Waals surface area (Å²) in [6, 6.07) is 4.49. The van der Waals surface area contributed by atoms with Crippen molar-refractivity contribution in [2.75, 3.05) is 7.11 Å². The number of hydrogen-bond donors (Lipinski definition) is 0. The van der Waals surface area contributed by atoms with Crippen LogP contribution in [-0.4, -0.2) is 7.11 Å². The van der Waals surface area contributed by atoms with E-state index in [0.717, 1.165) is 0 Å². The molecule has 0 heterocycles. The monoisotopic (exact) mass is 259 g/mol. The first-order chi connectivity index (χ1) is 6.69. The van der Waals surface area contributed by atoms with Crippen LogP contribution in [0.2, 0.25) is 0 Å². The second-order valence-electron chi connectivity index (χ2n) is 2.08. The Labute approximate surface area is 91.4 Å². The van der Waals surface area contributed by atoms with E-state index >= 15 is 0 Å². The number of nitrogens with zero attached hydrogens (tertiary/aromatic N) is 1. The van der Waals surface area contributed by atoms with Crippen LogP contribution >= 0.6 is 15.9 Å². The molecule has 0 amide bonds. The molecule has 0 radical (unpaired) electrons. The summed E-state index contributed by atoms with van der Waals surface area (Å²) >= 11 is 3.09. The highest BCUT2D eigenvalue weighted by Crippen LogP contribution is 2.25. The van der Waals surface area contributed by atoms with Gasteiger partial charge in [-0.15, -0.1) is 0 Å². The lowest BCUT2D eigenvalue weighted by Gasteiger charge is -2.03. The van der Waals surface area contributed by atoms with E-state index in [1.54, 1.807) is 12.1 Å². The van der Waals surface area contributed by atoms with Gasteiger partial charge >= 0.3 is 0 Å². The number of benzene rings is 1. The SMILES string of the molecule is CC.COc1cc(Br)cc(F)c1C#N. The maximum atomic E-state index is 13.0. The first-order valence-corrected chi connectivity index (χ1v) is 4.91. The Morgan fingerprint density at radius 3 is 2.43 bits per heavy atom. The maximum absolute atomic E-state index is 13.0. The predicted molar refractivity (Wildman–Crippen MR) is 56.7 cm³/mol. The van der Waals surface area contributed by atoms with Crippen molar-refractivity contribution in [3.8, 4) is 11.8 Å². The van der Waals surface area contributed by atoms with Crippen LogP contribution in [-0.2, 0) is 0 Å². The lowest BCUT2D eigenvalue weighted by molar-refractivity contribution is 0.409. The largest absolute Gasteiger partial charge is 0.495 e. The van der Waals surface area contributed by atoms with Gasteiger partial charge in [-0.25, -0.2) is 4.39 Å². The predicted octanol–water partition coefficient (Wildman–Crippen LogP) is 3.49. The Bertz CT molecular complexity index is 347. The Hall–Kier alpha value is -1.08. The van der Waals surface area contributed by atoms with E-state index in [9.17, 15) is 4.39 Å².